The van der Waals surface area contributed by atoms with Crippen LogP contribution in [-0.4, -0.2) is 18.1 Å². The van der Waals surface area contributed by atoms with E-state index in [1.807, 2.05) is 5.32 Å². The molecule has 0 aliphatic heterocycles. The zero-order valence-electron chi connectivity index (χ0n) is 8.40. The predicted molar refractivity (Wildman–Crippen MR) is 45.5 cm³/mol. The van der Waals surface area contributed by atoms with Crippen molar-refractivity contribution in [1.82, 2.24) is 5.32 Å². The van der Waals surface area contributed by atoms with Gasteiger partial charge in [0, 0.05) is 6.92 Å². The Morgan fingerprint density at radius 3 is 2.14 bits per heavy atom. The molecule has 1 aliphatic carbocycles. The van der Waals surface area contributed by atoms with Crippen LogP contribution in [0.1, 0.15) is 27.2 Å². The van der Waals surface area contributed by atoms with Gasteiger partial charge in [0.1, 0.15) is 6.04 Å². The Hall–Kier alpha value is -0.740. The Bertz CT molecular complexity index is 247. The van der Waals surface area contributed by atoms with Crippen LogP contribution in [0.15, 0.2) is 0 Å². The number of rotatable bonds is 2. The SMILES string of the molecule is CC(=O)NC(C1CC1(C)C)C(F)(F)F. The van der Waals surface area contributed by atoms with Gasteiger partial charge in [0.25, 0.3) is 0 Å². The molecule has 82 valence electrons. The summed E-state index contributed by atoms with van der Waals surface area (Å²) in [5.41, 5.74) is -0.303. The topological polar surface area (TPSA) is 29.1 Å². The lowest BCUT2D eigenvalue weighted by atomic mass is 10.0. The Morgan fingerprint density at radius 2 is 1.93 bits per heavy atom. The van der Waals surface area contributed by atoms with Crippen molar-refractivity contribution in [1.29, 1.82) is 0 Å². The van der Waals surface area contributed by atoms with Crippen molar-refractivity contribution < 1.29 is 18.0 Å². The summed E-state index contributed by atoms with van der Waals surface area (Å²) < 4.78 is 37.5. The molecule has 2 nitrogen and oxygen atoms in total. The van der Waals surface area contributed by atoms with Gasteiger partial charge >= 0.3 is 6.18 Å². The molecule has 0 heterocycles. The van der Waals surface area contributed by atoms with Crippen molar-refractivity contribution in [3.05, 3.63) is 0 Å². The summed E-state index contributed by atoms with van der Waals surface area (Å²) in [7, 11) is 0. The monoisotopic (exact) mass is 209 g/mol. The van der Waals surface area contributed by atoms with Crippen LogP contribution in [0.3, 0.4) is 0 Å². The number of carbonyl (C=O) groups is 1. The molecule has 1 saturated carbocycles. The zero-order chi connectivity index (χ0) is 11.1. The maximum Gasteiger partial charge on any atom is 0.408 e. The Balaban J connectivity index is 2.70. The van der Waals surface area contributed by atoms with Gasteiger partial charge in [-0.2, -0.15) is 13.2 Å². The van der Waals surface area contributed by atoms with E-state index in [2.05, 4.69) is 0 Å². The third kappa shape index (κ3) is 2.39. The van der Waals surface area contributed by atoms with Crippen molar-refractivity contribution in [2.24, 2.45) is 11.3 Å². The van der Waals surface area contributed by atoms with Crippen LogP contribution in [0.25, 0.3) is 0 Å². The van der Waals surface area contributed by atoms with E-state index in [0.29, 0.717) is 6.42 Å². The number of amides is 1. The fourth-order valence-corrected chi connectivity index (χ4v) is 1.71. The number of hydrogen-bond acceptors (Lipinski definition) is 1. The van der Waals surface area contributed by atoms with Gasteiger partial charge in [-0.1, -0.05) is 13.8 Å². The largest absolute Gasteiger partial charge is 0.408 e. The standard InChI is InChI=1S/C9H14F3NO/c1-5(14)13-7(9(10,11)12)6-4-8(6,2)3/h6-7H,4H2,1-3H3,(H,13,14). The average molecular weight is 209 g/mol. The molecular formula is C9H14F3NO. The minimum atomic E-state index is -4.34. The van der Waals surface area contributed by atoms with Gasteiger partial charge in [0.15, 0.2) is 0 Å². The molecule has 1 rings (SSSR count). The molecule has 0 aromatic heterocycles. The first-order valence-electron chi connectivity index (χ1n) is 4.48. The number of carbonyl (C=O) groups excluding carboxylic acids is 1. The predicted octanol–water partition coefficient (Wildman–Crippen LogP) is 2.10. The van der Waals surface area contributed by atoms with E-state index in [0.717, 1.165) is 6.92 Å². The molecule has 1 N–H and O–H groups in total. The Kier molecular flexibility index (Phi) is 2.54. The smallest absolute Gasteiger partial charge is 0.344 e. The second-order valence-corrected chi connectivity index (χ2v) is 4.52. The van der Waals surface area contributed by atoms with Gasteiger partial charge < -0.3 is 5.32 Å². The highest BCUT2D eigenvalue weighted by atomic mass is 19.4. The van der Waals surface area contributed by atoms with Crippen molar-refractivity contribution in [2.45, 2.75) is 39.4 Å². The maximum atomic E-state index is 12.5. The highest BCUT2D eigenvalue weighted by molar-refractivity contribution is 5.73. The second-order valence-electron chi connectivity index (χ2n) is 4.52. The van der Waals surface area contributed by atoms with Gasteiger partial charge in [0.05, 0.1) is 0 Å². The van der Waals surface area contributed by atoms with Crippen LogP contribution in [0.4, 0.5) is 13.2 Å². The molecule has 0 aromatic carbocycles. The van der Waals surface area contributed by atoms with Crippen LogP contribution in [0.5, 0.6) is 0 Å². The van der Waals surface area contributed by atoms with E-state index in [-0.39, 0.29) is 5.41 Å². The second kappa shape index (κ2) is 3.14. The highest BCUT2D eigenvalue weighted by Crippen LogP contribution is 2.56. The average Bonchev–Trinajstić information content (AvgIpc) is 2.51. The van der Waals surface area contributed by atoms with Crippen molar-refractivity contribution in [3.8, 4) is 0 Å². The van der Waals surface area contributed by atoms with E-state index in [4.69, 9.17) is 0 Å². The molecule has 0 aromatic rings. The van der Waals surface area contributed by atoms with E-state index in [9.17, 15) is 18.0 Å². The third-order valence-corrected chi connectivity index (χ3v) is 2.70. The van der Waals surface area contributed by atoms with E-state index in [1.165, 1.54) is 0 Å². The first kappa shape index (κ1) is 11.3. The zero-order valence-corrected chi connectivity index (χ0v) is 8.40. The molecule has 2 atom stereocenters. The number of alkyl halides is 3. The maximum absolute atomic E-state index is 12.5. The summed E-state index contributed by atoms with van der Waals surface area (Å²) in [6.45, 7) is 4.66. The molecule has 0 radical (unpaired) electrons. The van der Waals surface area contributed by atoms with Crippen LogP contribution >= 0.6 is 0 Å². The highest BCUT2D eigenvalue weighted by Gasteiger charge is 2.59. The first-order chi connectivity index (χ1) is 6.14. The Morgan fingerprint density at radius 1 is 1.50 bits per heavy atom. The minimum Gasteiger partial charge on any atom is -0.344 e. The van der Waals surface area contributed by atoms with E-state index < -0.39 is 24.0 Å². The van der Waals surface area contributed by atoms with E-state index >= 15 is 0 Å². The van der Waals surface area contributed by atoms with Crippen molar-refractivity contribution in [2.75, 3.05) is 0 Å². The van der Waals surface area contributed by atoms with Gasteiger partial charge in [0.2, 0.25) is 5.91 Å². The summed E-state index contributed by atoms with van der Waals surface area (Å²) in [6.07, 6.45) is -3.83. The molecule has 1 amide bonds. The molecule has 0 saturated heterocycles. The molecule has 0 bridgehead atoms. The van der Waals surface area contributed by atoms with Crippen LogP contribution in [0, 0.1) is 11.3 Å². The van der Waals surface area contributed by atoms with Crippen LogP contribution < -0.4 is 5.32 Å². The van der Waals surface area contributed by atoms with Gasteiger partial charge in [-0.3, -0.25) is 4.79 Å². The number of hydrogen-bond donors (Lipinski definition) is 1. The molecule has 1 fully saturated rings. The number of halogens is 3. The fraction of sp³-hybridized carbons (Fsp3) is 0.889. The fourth-order valence-electron chi connectivity index (χ4n) is 1.71. The normalized spacial score (nSPS) is 26.9. The molecule has 5 heteroatoms. The van der Waals surface area contributed by atoms with Gasteiger partial charge in [-0.25, -0.2) is 0 Å². The molecular weight excluding hydrogens is 195 g/mol. The minimum absolute atomic E-state index is 0.303. The summed E-state index contributed by atoms with van der Waals surface area (Å²) in [4.78, 5) is 10.6. The lowest BCUT2D eigenvalue weighted by molar-refractivity contribution is -0.167. The molecule has 0 spiro atoms. The summed E-state index contributed by atoms with van der Waals surface area (Å²) in [5.74, 6) is -1.11. The van der Waals surface area contributed by atoms with E-state index in [1.54, 1.807) is 13.8 Å². The van der Waals surface area contributed by atoms with Crippen molar-refractivity contribution >= 4 is 5.91 Å². The van der Waals surface area contributed by atoms with Crippen molar-refractivity contribution in [3.63, 3.8) is 0 Å². The lowest BCUT2D eigenvalue weighted by Crippen LogP contribution is -2.47. The van der Waals surface area contributed by atoms with Crippen LogP contribution in [-0.2, 0) is 4.79 Å². The van der Waals surface area contributed by atoms with Gasteiger partial charge in [-0.15, -0.1) is 0 Å². The molecule has 1 aliphatic rings. The third-order valence-electron chi connectivity index (χ3n) is 2.70. The van der Waals surface area contributed by atoms with Gasteiger partial charge in [-0.05, 0) is 17.8 Å². The summed E-state index contributed by atoms with van der Waals surface area (Å²) >= 11 is 0. The first-order valence-corrected chi connectivity index (χ1v) is 4.48. The lowest BCUT2D eigenvalue weighted by Gasteiger charge is -2.22. The molecule has 2 unspecified atom stereocenters. The number of nitrogens with one attached hydrogen (secondary N) is 1. The summed E-state index contributed by atoms with van der Waals surface area (Å²) in [5, 5.41) is 1.97. The Labute approximate surface area is 80.9 Å². The summed E-state index contributed by atoms with van der Waals surface area (Å²) in [6, 6.07) is -1.69. The molecule has 14 heavy (non-hydrogen) atoms. The quantitative estimate of drug-likeness (QED) is 0.741. The van der Waals surface area contributed by atoms with Crippen LogP contribution in [0.2, 0.25) is 0 Å².